The Balaban J connectivity index is 1.44. The van der Waals surface area contributed by atoms with Gasteiger partial charge in [-0.05, 0) is 35.7 Å². The van der Waals surface area contributed by atoms with Gasteiger partial charge in [-0.3, -0.25) is 4.90 Å². The molecule has 2 atom stereocenters. The number of piperazine rings is 1. The van der Waals surface area contributed by atoms with Crippen molar-refractivity contribution < 1.29 is 5.11 Å². The van der Waals surface area contributed by atoms with E-state index in [4.69, 9.17) is 5.73 Å². The van der Waals surface area contributed by atoms with Gasteiger partial charge >= 0.3 is 0 Å². The SMILES string of the molecule is Nc1cccc2c1CC(O)C(N1CCN(c3ccccc3)CC1)C2. The van der Waals surface area contributed by atoms with E-state index in [1.165, 1.54) is 11.3 Å². The number of hydrogen-bond donors (Lipinski definition) is 2. The number of para-hydroxylation sites is 1. The molecule has 2 aromatic rings. The molecule has 1 aliphatic carbocycles. The van der Waals surface area contributed by atoms with Crippen molar-refractivity contribution in [2.24, 2.45) is 0 Å². The number of aliphatic hydroxyl groups is 1. The Morgan fingerprint density at radius 3 is 2.38 bits per heavy atom. The zero-order valence-corrected chi connectivity index (χ0v) is 13.9. The van der Waals surface area contributed by atoms with Gasteiger partial charge in [0.15, 0.2) is 0 Å². The van der Waals surface area contributed by atoms with Crippen molar-refractivity contribution in [1.29, 1.82) is 0 Å². The highest BCUT2D eigenvalue weighted by molar-refractivity contribution is 5.53. The number of anilines is 2. The molecule has 4 nitrogen and oxygen atoms in total. The maximum Gasteiger partial charge on any atom is 0.0739 e. The molecule has 1 aliphatic heterocycles. The fraction of sp³-hybridized carbons (Fsp3) is 0.400. The first-order valence-corrected chi connectivity index (χ1v) is 8.81. The summed E-state index contributed by atoms with van der Waals surface area (Å²) in [6.07, 6.45) is 1.24. The van der Waals surface area contributed by atoms with Crippen LogP contribution in [0.15, 0.2) is 48.5 Å². The van der Waals surface area contributed by atoms with Gasteiger partial charge in [0.25, 0.3) is 0 Å². The third-order valence-corrected chi connectivity index (χ3v) is 5.50. The summed E-state index contributed by atoms with van der Waals surface area (Å²) in [4.78, 5) is 4.88. The van der Waals surface area contributed by atoms with Crippen LogP contribution in [0.3, 0.4) is 0 Å². The minimum Gasteiger partial charge on any atom is -0.398 e. The Labute approximate surface area is 143 Å². The number of benzene rings is 2. The number of hydrogen-bond acceptors (Lipinski definition) is 4. The number of fused-ring (bicyclic) bond motifs is 1. The molecule has 1 fully saturated rings. The molecule has 4 heteroatoms. The lowest BCUT2D eigenvalue weighted by Crippen LogP contribution is -2.56. The number of nitrogens with two attached hydrogens (primary N) is 1. The van der Waals surface area contributed by atoms with Crippen LogP contribution < -0.4 is 10.6 Å². The van der Waals surface area contributed by atoms with E-state index in [0.29, 0.717) is 6.42 Å². The van der Waals surface area contributed by atoms with Crippen LogP contribution in [0.2, 0.25) is 0 Å². The maximum atomic E-state index is 10.7. The Kier molecular flexibility index (Phi) is 4.17. The van der Waals surface area contributed by atoms with Crippen LogP contribution in [-0.2, 0) is 12.8 Å². The van der Waals surface area contributed by atoms with Crippen LogP contribution >= 0.6 is 0 Å². The second kappa shape index (κ2) is 6.46. The Morgan fingerprint density at radius 2 is 1.62 bits per heavy atom. The van der Waals surface area contributed by atoms with Gasteiger partial charge in [-0.25, -0.2) is 0 Å². The molecule has 126 valence electrons. The number of nitrogen functional groups attached to an aromatic ring is 1. The van der Waals surface area contributed by atoms with Gasteiger partial charge in [-0.2, -0.15) is 0 Å². The summed E-state index contributed by atoms with van der Waals surface area (Å²) in [6, 6.07) is 16.9. The third-order valence-electron chi connectivity index (χ3n) is 5.50. The first-order valence-electron chi connectivity index (χ1n) is 8.81. The fourth-order valence-corrected chi connectivity index (χ4v) is 4.12. The monoisotopic (exact) mass is 323 g/mol. The fourth-order valence-electron chi connectivity index (χ4n) is 4.12. The van der Waals surface area contributed by atoms with Gasteiger partial charge in [0.2, 0.25) is 0 Å². The third kappa shape index (κ3) is 2.87. The normalized spacial score (nSPS) is 24.6. The average Bonchev–Trinajstić information content (AvgIpc) is 2.63. The van der Waals surface area contributed by atoms with Crippen molar-refractivity contribution in [2.45, 2.75) is 25.0 Å². The van der Waals surface area contributed by atoms with E-state index in [1.807, 2.05) is 12.1 Å². The van der Waals surface area contributed by atoms with Gasteiger partial charge in [-0.15, -0.1) is 0 Å². The lowest BCUT2D eigenvalue weighted by molar-refractivity contribution is 0.0397. The summed E-state index contributed by atoms with van der Waals surface area (Å²) < 4.78 is 0. The van der Waals surface area contributed by atoms with Crippen molar-refractivity contribution in [3.63, 3.8) is 0 Å². The minimum atomic E-state index is -0.328. The van der Waals surface area contributed by atoms with Crippen molar-refractivity contribution in [3.8, 4) is 0 Å². The summed E-state index contributed by atoms with van der Waals surface area (Å²) >= 11 is 0. The lowest BCUT2D eigenvalue weighted by Gasteiger charge is -2.43. The van der Waals surface area contributed by atoms with E-state index in [9.17, 15) is 5.11 Å². The van der Waals surface area contributed by atoms with Crippen molar-refractivity contribution in [1.82, 2.24) is 4.90 Å². The summed E-state index contributed by atoms with van der Waals surface area (Å²) in [5.41, 5.74) is 10.6. The Morgan fingerprint density at radius 1 is 0.875 bits per heavy atom. The maximum absolute atomic E-state index is 10.7. The molecule has 2 aromatic carbocycles. The van der Waals surface area contributed by atoms with Crippen molar-refractivity contribution >= 4 is 11.4 Å². The quantitative estimate of drug-likeness (QED) is 0.829. The van der Waals surface area contributed by atoms with Crippen LogP contribution in [0.4, 0.5) is 11.4 Å². The van der Waals surface area contributed by atoms with E-state index < -0.39 is 0 Å². The highest BCUT2D eigenvalue weighted by Gasteiger charge is 2.33. The minimum absolute atomic E-state index is 0.206. The van der Waals surface area contributed by atoms with E-state index in [0.717, 1.165) is 43.9 Å². The van der Waals surface area contributed by atoms with E-state index in [1.54, 1.807) is 0 Å². The molecule has 1 heterocycles. The second-order valence-corrected chi connectivity index (χ2v) is 6.89. The zero-order chi connectivity index (χ0) is 16.5. The smallest absolute Gasteiger partial charge is 0.0739 e. The van der Waals surface area contributed by atoms with Crippen LogP contribution in [0.5, 0.6) is 0 Å². The standard InChI is InChI=1S/C20H25N3O/c21-18-8-4-5-15-13-19(20(24)14-17(15)18)23-11-9-22(10-12-23)16-6-2-1-3-7-16/h1-8,19-20,24H,9-14,21H2. The molecule has 3 N–H and O–H groups in total. The molecular formula is C20H25N3O. The van der Waals surface area contributed by atoms with E-state index in [2.05, 4.69) is 46.2 Å². The number of aliphatic hydroxyl groups excluding tert-OH is 1. The average molecular weight is 323 g/mol. The molecule has 24 heavy (non-hydrogen) atoms. The lowest BCUT2D eigenvalue weighted by atomic mass is 9.84. The number of rotatable bonds is 2. The van der Waals surface area contributed by atoms with Gasteiger partial charge in [0.1, 0.15) is 0 Å². The molecule has 0 saturated carbocycles. The van der Waals surface area contributed by atoms with E-state index in [-0.39, 0.29) is 12.1 Å². The predicted octanol–water partition coefficient (Wildman–Crippen LogP) is 1.92. The highest BCUT2D eigenvalue weighted by atomic mass is 16.3. The predicted molar refractivity (Wildman–Crippen MR) is 98.3 cm³/mol. The molecule has 0 radical (unpaired) electrons. The Bertz CT molecular complexity index is 695. The summed E-state index contributed by atoms with van der Waals surface area (Å²) in [5.74, 6) is 0. The van der Waals surface area contributed by atoms with Crippen molar-refractivity contribution in [2.75, 3.05) is 36.8 Å². The topological polar surface area (TPSA) is 52.7 Å². The first kappa shape index (κ1) is 15.5. The zero-order valence-electron chi connectivity index (χ0n) is 13.9. The molecule has 0 spiro atoms. The summed E-state index contributed by atoms with van der Waals surface area (Å²) in [6.45, 7) is 4.01. The van der Waals surface area contributed by atoms with Crippen LogP contribution in [0, 0.1) is 0 Å². The Hall–Kier alpha value is -2.04. The molecule has 1 saturated heterocycles. The molecular weight excluding hydrogens is 298 g/mol. The van der Waals surface area contributed by atoms with Crippen LogP contribution in [0.1, 0.15) is 11.1 Å². The molecule has 0 bridgehead atoms. The largest absolute Gasteiger partial charge is 0.398 e. The van der Waals surface area contributed by atoms with Gasteiger partial charge in [-0.1, -0.05) is 30.3 Å². The molecule has 0 aromatic heterocycles. The number of nitrogens with zero attached hydrogens (tertiary/aromatic N) is 2. The summed E-state index contributed by atoms with van der Waals surface area (Å²) in [7, 11) is 0. The molecule has 4 rings (SSSR count). The summed E-state index contributed by atoms with van der Waals surface area (Å²) in [5, 5.41) is 10.7. The molecule has 0 amide bonds. The highest BCUT2D eigenvalue weighted by Crippen LogP contribution is 2.29. The van der Waals surface area contributed by atoms with Gasteiger partial charge in [0, 0.05) is 50.0 Å². The molecule has 2 unspecified atom stereocenters. The van der Waals surface area contributed by atoms with E-state index >= 15 is 0 Å². The molecule has 2 aliphatic rings. The van der Waals surface area contributed by atoms with Crippen LogP contribution in [0.25, 0.3) is 0 Å². The van der Waals surface area contributed by atoms with Crippen LogP contribution in [-0.4, -0.2) is 48.3 Å². The first-order chi connectivity index (χ1) is 11.7. The van der Waals surface area contributed by atoms with Crippen molar-refractivity contribution in [3.05, 3.63) is 59.7 Å². The van der Waals surface area contributed by atoms with Gasteiger partial charge < -0.3 is 15.7 Å². The van der Waals surface area contributed by atoms with Gasteiger partial charge in [0.05, 0.1) is 6.10 Å². The second-order valence-electron chi connectivity index (χ2n) is 6.89.